The van der Waals surface area contributed by atoms with Crippen LogP contribution in [0.15, 0.2) is 109 Å². The van der Waals surface area contributed by atoms with E-state index in [1.165, 1.54) is 24.3 Å². The number of rotatable bonds is 4. The Morgan fingerprint density at radius 1 is 0.800 bits per heavy atom. The van der Waals surface area contributed by atoms with E-state index < -0.39 is 29.2 Å². The zero-order valence-corrected chi connectivity index (χ0v) is 21.7. The number of carbonyl (C=O) groups excluding carboxylic acids is 3. The minimum absolute atomic E-state index is 0.247. The number of hydrogen-bond donors (Lipinski definition) is 1. The van der Waals surface area contributed by atoms with Crippen LogP contribution in [0.5, 0.6) is 0 Å². The number of amides is 1. The molecule has 1 spiro atoms. The molecule has 1 fully saturated rings. The number of benzene rings is 4. The summed E-state index contributed by atoms with van der Waals surface area (Å²) in [4.78, 5) is 45.5. The van der Waals surface area contributed by atoms with Crippen molar-refractivity contribution in [3.8, 4) is 0 Å². The molecule has 40 heavy (non-hydrogen) atoms. The normalized spacial score (nSPS) is 24.1. The highest BCUT2D eigenvalue weighted by Gasteiger charge is 2.70. The first-order valence-corrected chi connectivity index (χ1v) is 13.3. The predicted molar refractivity (Wildman–Crippen MR) is 152 cm³/mol. The zero-order valence-electron chi connectivity index (χ0n) is 21.7. The first-order valence-electron chi connectivity index (χ1n) is 13.3. The quantitative estimate of drug-likeness (QED) is 0.327. The van der Waals surface area contributed by atoms with Gasteiger partial charge in [0, 0.05) is 28.1 Å². The minimum atomic E-state index is -1.40. The Bertz CT molecular complexity index is 1730. The van der Waals surface area contributed by atoms with Crippen molar-refractivity contribution in [2.45, 2.75) is 24.4 Å². The number of ketones is 2. The van der Waals surface area contributed by atoms with Crippen molar-refractivity contribution >= 4 is 34.4 Å². The van der Waals surface area contributed by atoms with E-state index in [0.717, 1.165) is 16.8 Å². The summed E-state index contributed by atoms with van der Waals surface area (Å²) in [6.07, 6.45) is 2.02. The number of allylic oxidation sites excluding steroid dienone is 1. The lowest BCUT2D eigenvalue weighted by Crippen LogP contribution is -2.51. The van der Waals surface area contributed by atoms with E-state index in [1.807, 2.05) is 72.5 Å². The van der Waals surface area contributed by atoms with Crippen molar-refractivity contribution in [1.29, 1.82) is 0 Å². The molecule has 1 amide bonds. The summed E-state index contributed by atoms with van der Waals surface area (Å²) >= 11 is 0. The molecule has 0 saturated carbocycles. The van der Waals surface area contributed by atoms with Crippen molar-refractivity contribution in [1.82, 2.24) is 0 Å². The largest absolute Gasteiger partial charge is 0.352 e. The van der Waals surface area contributed by atoms with Crippen molar-refractivity contribution in [3.63, 3.8) is 0 Å². The van der Waals surface area contributed by atoms with Gasteiger partial charge in [0.25, 0.3) is 0 Å². The lowest BCUT2D eigenvalue weighted by molar-refractivity contribution is -0.121. The van der Waals surface area contributed by atoms with Gasteiger partial charge in [0.1, 0.15) is 17.3 Å². The van der Waals surface area contributed by atoms with Gasteiger partial charge < -0.3 is 10.2 Å². The maximum atomic E-state index is 14.7. The number of anilines is 2. The second kappa shape index (κ2) is 8.85. The van der Waals surface area contributed by atoms with Crippen molar-refractivity contribution in [2.24, 2.45) is 5.92 Å². The molecular formula is C34H25FN2O3. The molecule has 0 unspecified atom stereocenters. The number of carbonyl (C=O) groups is 3. The third-order valence-corrected chi connectivity index (χ3v) is 8.62. The smallest absolute Gasteiger partial charge is 0.238 e. The third-order valence-electron chi connectivity index (χ3n) is 8.62. The number of Topliss-reactive ketones (excluding diaryl/α,β-unsaturated/α-hetero) is 2. The fourth-order valence-electron chi connectivity index (χ4n) is 6.95. The van der Waals surface area contributed by atoms with Crippen LogP contribution in [0.1, 0.15) is 38.8 Å². The number of fused-ring (bicyclic) bond motifs is 6. The third kappa shape index (κ3) is 3.22. The van der Waals surface area contributed by atoms with Gasteiger partial charge in [-0.25, -0.2) is 4.39 Å². The Labute approximate surface area is 231 Å². The maximum Gasteiger partial charge on any atom is 0.238 e. The van der Waals surface area contributed by atoms with Gasteiger partial charge >= 0.3 is 0 Å². The first kappa shape index (κ1) is 24.2. The second-order valence-corrected chi connectivity index (χ2v) is 10.6. The van der Waals surface area contributed by atoms with Crippen LogP contribution in [0, 0.1) is 11.7 Å². The van der Waals surface area contributed by atoms with Crippen LogP contribution in [0.25, 0.3) is 5.57 Å². The van der Waals surface area contributed by atoms with Gasteiger partial charge in [-0.2, -0.15) is 0 Å². The molecule has 4 atom stereocenters. The summed E-state index contributed by atoms with van der Waals surface area (Å²) < 4.78 is 13.9. The maximum absolute atomic E-state index is 14.7. The fraction of sp³-hybridized carbons (Fsp3) is 0.147. The molecule has 0 radical (unpaired) electrons. The molecule has 0 aromatic heterocycles. The van der Waals surface area contributed by atoms with E-state index in [0.29, 0.717) is 16.8 Å². The van der Waals surface area contributed by atoms with Gasteiger partial charge in [0.15, 0.2) is 11.6 Å². The van der Waals surface area contributed by atoms with Gasteiger partial charge in [0.05, 0.1) is 12.0 Å². The molecule has 196 valence electrons. The summed E-state index contributed by atoms with van der Waals surface area (Å²) in [5.74, 6) is -2.50. The highest BCUT2D eigenvalue weighted by molar-refractivity contribution is 6.18. The summed E-state index contributed by atoms with van der Waals surface area (Å²) in [6.45, 7) is 1.99. The number of nitrogens with one attached hydrogen (secondary N) is 1. The average Bonchev–Trinajstić information content (AvgIpc) is 3.45. The molecule has 3 aliphatic heterocycles. The van der Waals surface area contributed by atoms with Crippen LogP contribution >= 0.6 is 0 Å². The van der Waals surface area contributed by atoms with Gasteiger partial charge in [0.2, 0.25) is 5.91 Å². The zero-order chi connectivity index (χ0) is 27.6. The lowest BCUT2D eigenvalue weighted by atomic mass is 9.64. The number of hydrogen-bond acceptors (Lipinski definition) is 4. The van der Waals surface area contributed by atoms with E-state index in [2.05, 4.69) is 5.32 Å². The molecule has 1 saturated heterocycles. The number of para-hydroxylation sites is 2. The van der Waals surface area contributed by atoms with Crippen LogP contribution in [0.4, 0.5) is 15.8 Å². The lowest BCUT2D eigenvalue weighted by Gasteiger charge is -2.39. The first-order chi connectivity index (χ1) is 19.4. The van der Waals surface area contributed by atoms with Gasteiger partial charge in [-0.1, -0.05) is 72.8 Å². The topological polar surface area (TPSA) is 66.5 Å². The van der Waals surface area contributed by atoms with Crippen molar-refractivity contribution in [2.75, 3.05) is 10.2 Å². The molecule has 0 bridgehead atoms. The Morgan fingerprint density at radius 2 is 1.45 bits per heavy atom. The molecule has 5 nitrogen and oxygen atoms in total. The predicted octanol–water partition coefficient (Wildman–Crippen LogP) is 6.07. The van der Waals surface area contributed by atoms with Gasteiger partial charge in [-0.15, -0.1) is 0 Å². The molecule has 4 aromatic rings. The highest BCUT2D eigenvalue weighted by atomic mass is 19.1. The number of halogens is 1. The van der Waals surface area contributed by atoms with Gasteiger partial charge in [-0.05, 0) is 54.5 Å². The highest BCUT2D eigenvalue weighted by Crippen LogP contribution is 2.58. The van der Waals surface area contributed by atoms with E-state index in [-0.39, 0.29) is 23.0 Å². The summed E-state index contributed by atoms with van der Waals surface area (Å²) in [5, 5.41) is 3.03. The van der Waals surface area contributed by atoms with E-state index in [1.54, 1.807) is 24.3 Å². The molecule has 3 aliphatic rings. The molecule has 7 rings (SSSR count). The van der Waals surface area contributed by atoms with Crippen LogP contribution in [-0.2, 0) is 10.2 Å². The Morgan fingerprint density at radius 3 is 2.23 bits per heavy atom. The average molecular weight is 529 g/mol. The van der Waals surface area contributed by atoms with Crippen LogP contribution in [0.2, 0.25) is 0 Å². The Balaban J connectivity index is 1.56. The molecule has 1 N–H and O–H groups in total. The summed E-state index contributed by atoms with van der Waals surface area (Å²) in [5.41, 5.74) is 3.33. The molecule has 3 heterocycles. The molecule has 0 aliphatic carbocycles. The number of nitrogens with zero attached hydrogens (tertiary/aromatic N) is 1. The Kier molecular flexibility index (Phi) is 5.36. The molecule has 6 heteroatoms. The molecule has 4 aromatic carbocycles. The van der Waals surface area contributed by atoms with Gasteiger partial charge in [-0.3, -0.25) is 14.4 Å². The van der Waals surface area contributed by atoms with Crippen LogP contribution in [0.3, 0.4) is 0 Å². The second-order valence-electron chi connectivity index (χ2n) is 10.6. The summed E-state index contributed by atoms with van der Waals surface area (Å²) in [7, 11) is 0. The van der Waals surface area contributed by atoms with Crippen molar-refractivity contribution in [3.05, 3.63) is 137 Å². The van der Waals surface area contributed by atoms with Crippen LogP contribution in [-0.4, -0.2) is 29.6 Å². The van der Waals surface area contributed by atoms with Crippen molar-refractivity contribution < 1.29 is 18.8 Å². The standard InChI is InChI=1S/C34H25FN2O3/c1-20-19-28-34(25-12-6-7-13-26(25)36-33(34)40)29(31(38)22-15-17-23(35)18-16-22)30(32(39)21-9-3-2-4-10-21)37(28)27-14-8-5-11-24(20)27/h2-19,28-30H,1H3,(H,36,40)/t28-,29-,30-,34-/m0/s1. The Hall–Kier alpha value is -4.84. The van der Waals surface area contributed by atoms with E-state index >= 15 is 0 Å². The SMILES string of the molecule is CC1=C[C@@H]2N(c3ccccc31)[C@H](C(=O)c1ccccc1)[C@@H](C(=O)c1ccc(F)cc1)[C@@]21C(=O)Nc2ccccc21. The molecular weight excluding hydrogens is 503 g/mol. The van der Waals surface area contributed by atoms with Crippen LogP contribution < -0.4 is 10.2 Å². The van der Waals surface area contributed by atoms with E-state index in [4.69, 9.17) is 0 Å². The minimum Gasteiger partial charge on any atom is -0.352 e. The fourth-order valence-corrected chi connectivity index (χ4v) is 6.95. The van der Waals surface area contributed by atoms with E-state index in [9.17, 15) is 18.8 Å². The summed E-state index contributed by atoms with van der Waals surface area (Å²) in [6, 6.07) is 27.8. The monoisotopic (exact) mass is 528 g/mol.